The van der Waals surface area contributed by atoms with Crippen LogP contribution in [0.1, 0.15) is 27.8 Å². The van der Waals surface area contributed by atoms with Crippen LogP contribution in [0, 0.1) is 13.8 Å². The summed E-state index contributed by atoms with van der Waals surface area (Å²) < 4.78 is 1.22. The van der Waals surface area contributed by atoms with Crippen molar-refractivity contribution in [3.8, 4) is 5.75 Å². The Hall–Kier alpha value is -2.48. The van der Waals surface area contributed by atoms with E-state index in [1.807, 2.05) is 38.1 Å². The molecular weight excluding hydrogens is 512 g/mol. The van der Waals surface area contributed by atoms with E-state index < -0.39 is 11.5 Å². The standard InChI is InChI=1S/C23H20Br2N2O3/c1-14-3-7-17(8-4-14)23(30,18-9-5-15(2)6-10-18)22(29)27-26-13-16-11-19(24)12-20(25)21(16)28/h3-13,28,30H,1-2H3,(H,27,29)/b26-13+. The third kappa shape index (κ3) is 4.64. The van der Waals surface area contributed by atoms with E-state index in [-0.39, 0.29) is 5.75 Å². The van der Waals surface area contributed by atoms with E-state index >= 15 is 0 Å². The molecule has 0 aliphatic heterocycles. The number of nitrogens with zero attached hydrogens (tertiary/aromatic N) is 1. The Morgan fingerprint density at radius 1 is 0.967 bits per heavy atom. The van der Waals surface area contributed by atoms with E-state index in [1.54, 1.807) is 36.4 Å². The zero-order valence-corrected chi connectivity index (χ0v) is 19.5. The summed E-state index contributed by atoms with van der Waals surface area (Å²) in [4.78, 5) is 13.1. The van der Waals surface area contributed by atoms with Gasteiger partial charge in [0.05, 0.1) is 10.7 Å². The molecule has 154 valence electrons. The highest BCUT2D eigenvalue weighted by Gasteiger charge is 2.40. The van der Waals surface area contributed by atoms with Crippen LogP contribution in [0.3, 0.4) is 0 Å². The van der Waals surface area contributed by atoms with Crippen LogP contribution in [-0.4, -0.2) is 22.3 Å². The molecule has 0 bridgehead atoms. The Kier molecular flexibility index (Phi) is 6.75. The van der Waals surface area contributed by atoms with Crippen LogP contribution in [0.2, 0.25) is 0 Å². The van der Waals surface area contributed by atoms with Crippen molar-refractivity contribution in [3.05, 3.63) is 97.4 Å². The number of aromatic hydroxyl groups is 1. The molecule has 3 aromatic rings. The number of aliphatic hydroxyl groups is 1. The Balaban J connectivity index is 1.95. The second kappa shape index (κ2) is 9.12. The third-order valence-corrected chi connectivity index (χ3v) is 5.76. The molecule has 3 rings (SSSR count). The zero-order chi connectivity index (χ0) is 21.9. The van der Waals surface area contributed by atoms with Crippen molar-refractivity contribution in [3.63, 3.8) is 0 Å². The monoisotopic (exact) mass is 530 g/mol. The summed E-state index contributed by atoms with van der Waals surface area (Å²) >= 11 is 6.60. The van der Waals surface area contributed by atoms with Gasteiger partial charge in [0, 0.05) is 10.0 Å². The minimum atomic E-state index is -1.93. The van der Waals surface area contributed by atoms with Gasteiger partial charge in [-0.15, -0.1) is 0 Å². The van der Waals surface area contributed by atoms with Crippen LogP contribution in [0.4, 0.5) is 0 Å². The molecule has 0 spiro atoms. The molecule has 3 N–H and O–H groups in total. The van der Waals surface area contributed by atoms with Crippen LogP contribution in [0.5, 0.6) is 5.75 Å². The van der Waals surface area contributed by atoms with Gasteiger partial charge in [-0.25, -0.2) is 5.43 Å². The van der Waals surface area contributed by atoms with Crippen LogP contribution < -0.4 is 5.43 Å². The summed E-state index contributed by atoms with van der Waals surface area (Å²) in [5, 5.41) is 25.6. The Morgan fingerprint density at radius 2 is 1.47 bits per heavy atom. The minimum Gasteiger partial charge on any atom is -0.506 e. The van der Waals surface area contributed by atoms with Crippen LogP contribution in [-0.2, 0) is 10.4 Å². The largest absolute Gasteiger partial charge is 0.506 e. The summed E-state index contributed by atoms with van der Waals surface area (Å²) in [6.45, 7) is 3.86. The van der Waals surface area contributed by atoms with Gasteiger partial charge in [0.15, 0.2) is 5.60 Å². The SMILES string of the molecule is Cc1ccc(C(O)(C(=O)N/N=C/c2cc(Br)cc(Br)c2O)c2ccc(C)cc2)cc1. The van der Waals surface area contributed by atoms with E-state index in [9.17, 15) is 15.0 Å². The maximum Gasteiger partial charge on any atom is 0.281 e. The highest BCUT2D eigenvalue weighted by atomic mass is 79.9. The topological polar surface area (TPSA) is 81.9 Å². The van der Waals surface area contributed by atoms with Crippen LogP contribution in [0.15, 0.2) is 74.7 Å². The van der Waals surface area contributed by atoms with Gasteiger partial charge in [-0.05, 0) is 53.0 Å². The highest BCUT2D eigenvalue weighted by Crippen LogP contribution is 2.32. The first-order valence-electron chi connectivity index (χ1n) is 9.10. The fourth-order valence-corrected chi connectivity index (χ4v) is 4.20. The van der Waals surface area contributed by atoms with Crippen LogP contribution >= 0.6 is 31.9 Å². The van der Waals surface area contributed by atoms with E-state index in [2.05, 4.69) is 42.4 Å². The van der Waals surface area contributed by atoms with Crippen molar-refractivity contribution in [2.45, 2.75) is 19.4 Å². The lowest BCUT2D eigenvalue weighted by Crippen LogP contribution is -2.43. The van der Waals surface area contributed by atoms with Crippen LogP contribution in [0.25, 0.3) is 0 Å². The minimum absolute atomic E-state index is 0.0106. The fourth-order valence-electron chi connectivity index (χ4n) is 2.94. The van der Waals surface area contributed by atoms with Gasteiger partial charge in [0.1, 0.15) is 5.75 Å². The average Bonchev–Trinajstić information content (AvgIpc) is 2.71. The molecule has 0 radical (unpaired) electrons. The van der Waals surface area contributed by atoms with E-state index in [1.165, 1.54) is 6.21 Å². The first kappa shape index (κ1) is 22.2. The number of halogens is 2. The first-order chi connectivity index (χ1) is 14.2. The molecule has 3 aromatic carbocycles. The molecule has 0 atom stereocenters. The molecule has 30 heavy (non-hydrogen) atoms. The number of hydrogen-bond donors (Lipinski definition) is 3. The molecule has 0 saturated heterocycles. The number of phenols is 1. The summed E-state index contributed by atoms with van der Waals surface area (Å²) in [6.07, 6.45) is 1.31. The second-order valence-electron chi connectivity index (χ2n) is 6.97. The summed E-state index contributed by atoms with van der Waals surface area (Å²) in [5.74, 6) is -0.719. The van der Waals surface area contributed by atoms with Crippen molar-refractivity contribution < 1.29 is 15.0 Å². The molecule has 0 aliphatic carbocycles. The fraction of sp³-hybridized carbons (Fsp3) is 0.130. The first-order valence-corrected chi connectivity index (χ1v) is 10.7. The van der Waals surface area contributed by atoms with E-state index in [0.29, 0.717) is 21.2 Å². The van der Waals surface area contributed by atoms with Gasteiger partial charge in [0.2, 0.25) is 0 Å². The lowest BCUT2D eigenvalue weighted by Gasteiger charge is -2.27. The molecule has 5 nitrogen and oxygen atoms in total. The lowest BCUT2D eigenvalue weighted by atomic mass is 9.85. The van der Waals surface area contributed by atoms with E-state index in [4.69, 9.17) is 0 Å². The zero-order valence-electron chi connectivity index (χ0n) is 16.4. The quantitative estimate of drug-likeness (QED) is 0.323. The smallest absolute Gasteiger partial charge is 0.281 e. The Labute approximate surface area is 191 Å². The predicted molar refractivity (Wildman–Crippen MR) is 125 cm³/mol. The number of rotatable bonds is 5. The summed E-state index contributed by atoms with van der Waals surface area (Å²) in [6, 6.07) is 17.6. The molecular formula is C23H20Br2N2O3. The number of amides is 1. The maximum atomic E-state index is 13.1. The number of benzene rings is 3. The lowest BCUT2D eigenvalue weighted by molar-refractivity contribution is -0.136. The number of nitrogens with one attached hydrogen (secondary N) is 1. The van der Waals surface area contributed by atoms with Gasteiger partial charge in [0.25, 0.3) is 5.91 Å². The second-order valence-corrected chi connectivity index (χ2v) is 8.74. The molecule has 7 heteroatoms. The Morgan fingerprint density at radius 3 is 1.97 bits per heavy atom. The normalized spacial score (nSPS) is 11.6. The highest BCUT2D eigenvalue weighted by molar-refractivity contribution is 9.11. The third-order valence-electron chi connectivity index (χ3n) is 4.69. The number of carbonyl (C=O) groups excluding carboxylic acids is 1. The summed E-state index contributed by atoms with van der Waals surface area (Å²) in [7, 11) is 0. The molecule has 0 unspecified atom stereocenters. The van der Waals surface area contributed by atoms with Crippen molar-refractivity contribution >= 4 is 44.0 Å². The molecule has 0 heterocycles. The molecule has 1 amide bonds. The number of phenolic OH excluding ortho intramolecular Hbond substituents is 1. The molecule has 0 saturated carbocycles. The number of hydrazone groups is 1. The number of carbonyl (C=O) groups is 1. The van der Waals surface area contributed by atoms with Gasteiger partial charge < -0.3 is 10.2 Å². The molecule has 0 fully saturated rings. The number of aryl methyl sites for hydroxylation is 2. The molecule has 0 aliphatic rings. The van der Waals surface area contributed by atoms with Gasteiger partial charge in [-0.2, -0.15) is 5.10 Å². The van der Waals surface area contributed by atoms with Gasteiger partial charge >= 0.3 is 0 Å². The van der Waals surface area contributed by atoms with Crippen molar-refractivity contribution in [2.24, 2.45) is 5.10 Å². The maximum absolute atomic E-state index is 13.1. The molecule has 0 aromatic heterocycles. The van der Waals surface area contributed by atoms with E-state index in [0.717, 1.165) is 15.6 Å². The van der Waals surface area contributed by atoms with Gasteiger partial charge in [-0.3, -0.25) is 4.79 Å². The average molecular weight is 532 g/mol. The predicted octanol–water partition coefficient (Wildman–Crippen LogP) is 4.92. The van der Waals surface area contributed by atoms with Crippen molar-refractivity contribution in [1.29, 1.82) is 0 Å². The van der Waals surface area contributed by atoms with Gasteiger partial charge in [-0.1, -0.05) is 75.6 Å². The van der Waals surface area contributed by atoms with Crippen molar-refractivity contribution in [1.82, 2.24) is 5.43 Å². The number of hydrogen-bond acceptors (Lipinski definition) is 4. The van der Waals surface area contributed by atoms with Crippen molar-refractivity contribution in [2.75, 3.05) is 0 Å². The summed E-state index contributed by atoms with van der Waals surface area (Å²) in [5.41, 5.74) is 3.75. The Bertz CT molecular complexity index is 1050.